The highest BCUT2D eigenvalue weighted by atomic mass is 16.5. The summed E-state index contributed by atoms with van der Waals surface area (Å²) in [4.78, 5) is 18.5. The Kier molecular flexibility index (Phi) is 5.38. The number of amides is 1. The molecule has 1 aromatic carbocycles. The molecule has 0 N–H and O–H groups in total. The number of rotatable bonds is 7. The van der Waals surface area contributed by atoms with Crippen LogP contribution in [0, 0.1) is 0 Å². The molecule has 0 bridgehead atoms. The number of carbonyl (C=O) groups is 1. The van der Waals surface area contributed by atoms with Gasteiger partial charge in [-0.3, -0.25) is 4.79 Å². The largest absolute Gasteiger partial charge is 0.490 e. The monoisotopic (exact) mass is 342 g/mol. The number of hydrogen-bond acceptors (Lipinski definition) is 5. The van der Waals surface area contributed by atoms with Crippen LogP contribution in [0.3, 0.4) is 0 Å². The lowest BCUT2D eigenvalue weighted by molar-refractivity contribution is 0.0160. The first-order valence-corrected chi connectivity index (χ1v) is 8.47. The lowest BCUT2D eigenvalue weighted by Gasteiger charge is -2.38. The lowest BCUT2D eigenvalue weighted by Crippen LogP contribution is -2.56. The summed E-state index contributed by atoms with van der Waals surface area (Å²) in [5.74, 6) is 1.79. The van der Waals surface area contributed by atoms with E-state index in [2.05, 4.69) is 4.98 Å². The fourth-order valence-electron chi connectivity index (χ4n) is 2.63. The van der Waals surface area contributed by atoms with Crippen molar-refractivity contribution in [3.63, 3.8) is 0 Å². The zero-order valence-electron chi connectivity index (χ0n) is 14.5. The van der Waals surface area contributed by atoms with Crippen molar-refractivity contribution in [3.8, 4) is 17.4 Å². The van der Waals surface area contributed by atoms with Gasteiger partial charge in [-0.2, -0.15) is 0 Å². The lowest BCUT2D eigenvalue weighted by atomic mass is 10.1. The van der Waals surface area contributed by atoms with Gasteiger partial charge in [0.25, 0.3) is 5.91 Å². The summed E-state index contributed by atoms with van der Waals surface area (Å²) in [7, 11) is 0. The third-order valence-electron chi connectivity index (χ3n) is 3.85. The molecular weight excluding hydrogens is 320 g/mol. The average Bonchev–Trinajstić information content (AvgIpc) is 2.60. The van der Waals surface area contributed by atoms with Crippen molar-refractivity contribution in [1.82, 2.24) is 9.88 Å². The van der Waals surface area contributed by atoms with Gasteiger partial charge in [0.1, 0.15) is 6.10 Å². The number of benzene rings is 1. The summed E-state index contributed by atoms with van der Waals surface area (Å²) in [6, 6.07) is 10.8. The quantitative estimate of drug-likeness (QED) is 0.774. The van der Waals surface area contributed by atoms with E-state index in [4.69, 9.17) is 14.2 Å². The molecule has 0 aliphatic carbocycles. The van der Waals surface area contributed by atoms with Gasteiger partial charge in [-0.15, -0.1) is 0 Å². The smallest absolute Gasteiger partial charge is 0.254 e. The maximum absolute atomic E-state index is 12.6. The summed E-state index contributed by atoms with van der Waals surface area (Å²) in [6.07, 6.45) is 1.67. The highest BCUT2D eigenvalue weighted by Crippen LogP contribution is 2.29. The summed E-state index contributed by atoms with van der Waals surface area (Å²) in [6.45, 7) is 5.97. The number of ether oxygens (including phenoxy) is 3. The standard InChI is InChI=1S/C19H22N2O4/c1-3-23-16-9-8-14(11-17(16)24-4-2)19(22)21-12-15(13-21)25-18-7-5-6-10-20-18/h5-11,15H,3-4,12-13H2,1-2H3. The van der Waals surface area contributed by atoms with E-state index in [0.717, 1.165) is 0 Å². The first kappa shape index (κ1) is 17.1. The van der Waals surface area contributed by atoms with Gasteiger partial charge in [0.15, 0.2) is 11.5 Å². The minimum atomic E-state index is -0.0372. The van der Waals surface area contributed by atoms with E-state index in [0.29, 0.717) is 49.2 Å². The number of hydrogen-bond donors (Lipinski definition) is 0. The fourth-order valence-corrected chi connectivity index (χ4v) is 2.63. The van der Waals surface area contributed by atoms with E-state index in [1.807, 2.05) is 32.0 Å². The molecule has 132 valence electrons. The second-order valence-corrected chi connectivity index (χ2v) is 5.65. The maximum Gasteiger partial charge on any atom is 0.254 e. The minimum absolute atomic E-state index is 0.0205. The minimum Gasteiger partial charge on any atom is -0.490 e. The van der Waals surface area contributed by atoms with Crippen molar-refractivity contribution in [1.29, 1.82) is 0 Å². The van der Waals surface area contributed by atoms with Crippen LogP contribution in [0.4, 0.5) is 0 Å². The molecule has 1 fully saturated rings. The fraction of sp³-hybridized carbons (Fsp3) is 0.368. The molecule has 1 amide bonds. The van der Waals surface area contributed by atoms with Gasteiger partial charge >= 0.3 is 0 Å². The molecule has 2 heterocycles. The second kappa shape index (κ2) is 7.88. The molecule has 1 saturated heterocycles. The number of pyridine rings is 1. The van der Waals surface area contributed by atoms with Gasteiger partial charge in [-0.25, -0.2) is 4.98 Å². The van der Waals surface area contributed by atoms with Crippen molar-refractivity contribution in [2.75, 3.05) is 26.3 Å². The number of nitrogens with zero attached hydrogens (tertiary/aromatic N) is 2. The Hall–Kier alpha value is -2.76. The van der Waals surface area contributed by atoms with Crippen LogP contribution in [0.15, 0.2) is 42.6 Å². The summed E-state index contributed by atoms with van der Waals surface area (Å²) in [5.41, 5.74) is 0.586. The molecule has 0 atom stereocenters. The van der Waals surface area contributed by atoms with Crippen molar-refractivity contribution in [3.05, 3.63) is 48.2 Å². The molecule has 1 aliphatic rings. The van der Waals surface area contributed by atoms with Crippen molar-refractivity contribution < 1.29 is 19.0 Å². The Morgan fingerprint density at radius 1 is 1.12 bits per heavy atom. The zero-order valence-corrected chi connectivity index (χ0v) is 14.5. The maximum atomic E-state index is 12.6. The number of aromatic nitrogens is 1. The van der Waals surface area contributed by atoms with Crippen LogP contribution in [-0.4, -0.2) is 48.2 Å². The first-order chi connectivity index (χ1) is 12.2. The van der Waals surface area contributed by atoms with Gasteiger partial charge in [-0.1, -0.05) is 6.07 Å². The van der Waals surface area contributed by atoms with Crippen LogP contribution in [-0.2, 0) is 0 Å². The molecule has 0 spiro atoms. The van der Waals surface area contributed by atoms with Gasteiger partial charge in [-0.05, 0) is 38.1 Å². The SMILES string of the molecule is CCOc1ccc(C(=O)N2CC(Oc3ccccn3)C2)cc1OCC. The molecule has 6 heteroatoms. The predicted octanol–water partition coefficient (Wildman–Crippen LogP) is 2.78. The van der Waals surface area contributed by atoms with Crippen LogP contribution in [0.25, 0.3) is 0 Å². The Labute approximate surface area is 147 Å². The number of carbonyl (C=O) groups excluding carboxylic acids is 1. The number of likely N-dealkylation sites (tertiary alicyclic amines) is 1. The Morgan fingerprint density at radius 2 is 1.88 bits per heavy atom. The molecule has 0 unspecified atom stereocenters. The van der Waals surface area contributed by atoms with E-state index in [-0.39, 0.29) is 12.0 Å². The van der Waals surface area contributed by atoms with Gasteiger partial charge < -0.3 is 19.1 Å². The van der Waals surface area contributed by atoms with Gasteiger partial charge in [0.05, 0.1) is 26.3 Å². The molecule has 3 rings (SSSR count). The highest BCUT2D eigenvalue weighted by molar-refractivity contribution is 5.95. The van der Waals surface area contributed by atoms with E-state index < -0.39 is 0 Å². The highest BCUT2D eigenvalue weighted by Gasteiger charge is 2.33. The zero-order chi connectivity index (χ0) is 17.6. The molecule has 0 radical (unpaired) electrons. The Morgan fingerprint density at radius 3 is 2.56 bits per heavy atom. The molecule has 1 aliphatic heterocycles. The van der Waals surface area contributed by atoms with E-state index in [9.17, 15) is 4.79 Å². The first-order valence-electron chi connectivity index (χ1n) is 8.47. The summed E-state index contributed by atoms with van der Waals surface area (Å²) in [5, 5.41) is 0. The molecule has 25 heavy (non-hydrogen) atoms. The third kappa shape index (κ3) is 4.02. The average molecular weight is 342 g/mol. The van der Waals surface area contributed by atoms with Gasteiger partial charge in [0, 0.05) is 17.8 Å². The van der Waals surface area contributed by atoms with Crippen molar-refractivity contribution in [2.45, 2.75) is 20.0 Å². The van der Waals surface area contributed by atoms with Crippen molar-refractivity contribution in [2.24, 2.45) is 0 Å². The van der Waals surface area contributed by atoms with E-state index >= 15 is 0 Å². The van der Waals surface area contributed by atoms with Crippen LogP contribution >= 0.6 is 0 Å². The third-order valence-corrected chi connectivity index (χ3v) is 3.85. The molecule has 1 aromatic heterocycles. The molecule has 2 aromatic rings. The summed E-state index contributed by atoms with van der Waals surface area (Å²) >= 11 is 0. The van der Waals surface area contributed by atoms with E-state index in [1.54, 1.807) is 29.3 Å². The second-order valence-electron chi connectivity index (χ2n) is 5.65. The van der Waals surface area contributed by atoms with Crippen LogP contribution in [0.5, 0.6) is 17.4 Å². The molecular formula is C19H22N2O4. The normalized spacial score (nSPS) is 13.9. The van der Waals surface area contributed by atoms with Crippen molar-refractivity contribution >= 4 is 5.91 Å². The molecule has 6 nitrogen and oxygen atoms in total. The molecule has 0 saturated carbocycles. The van der Waals surface area contributed by atoms with Crippen LogP contribution in [0.1, 0.15) is 24.2 Å². The van der Waals surface area contributed by atoms with Crippen LogP contribution in [0.2, 0.25) is 0 Å². The Bertz CT molecular complexity index is 715. The summed E-state index contributed by atoms with van der Waals surface area (Å²) < 4.78 is 16.8. The van der Waals surface area contributed by atoms with Gasteiger partial charge in [0.2, 0.25) is 5.88 Å². The predicted molar refractivity (Wildman–Crippen MR) is 93.3 cm³/mol. The topological polar surface area (TPSA) is 60.9 Å². The van der Waals surface area contributed by atoms with E-state index in [1.165, 1.54) is 0 Å². The van der Waals surface area contributed by atoms with Crippen LogP contribution < -0.4 is 14.2 Å². The Balaban J connectivity index is 1.61.